The molecule has 1 amide bonds. The molecule has 2 heterocycles. The van der Waals surface area contributed by atoms with Crippen molar-refractivity contribution in [1.82, 2.24) is 15.1 Å². The minimum Gasteiger partial charge on any atom is -0.317 e. The second-order valence-electron chi connectivity index (χ2n) is 6.65. The number of carbonyl (C=O) groups is 1. The Morgan fingerprint density at radius 3 is 2.90 bits per heavy atom. The van der Waals surface area contributed by atoms with E-state index in [2.05, 4.69) is 29.6 Å². The van der Waals surface area contributed by atoms with E-state index < -0.39 is 0 Å². The van der Waals surface area contributed by atoms with Crippen molar-refractivity contribution in [2.24, 2.45) is 17.3 Å². The predicted molar refractivity (Wildman–Crippen MR) is 85.6 cm³/mol. The number of aromatic nitrogens is 2. The van der Waals surface area contributed by atoms with Crippen LogP contribution in [-0.2, 0) is 11.3 Å². The lowest BCUT2D eigenvalue weighted by molar-refractivity contribution is -0.118. The first-order valence-corrected chi connectivity index (χ1v) is 7.64. The summed E-state index contributed by atoms with van der Waals surface area (Å²) in [4.78, 5) is 12.4. The average molecular weight is 313 g/mol. The number of nitrogens with one attached hydrogen (secondary N) is 2. The molecule has 0 aromatic carbocycles. The van der Waals surface area contributed by atoms with Gasteiger partial charge in [-0.25, -0.2) is 4.68 Å². The maximum Gasteiger partial charge on any atom is 0.229 e. The van der Waals surface area contributed by atoms with Gasteiger partial charge in [-0.05, 0) is 43.7 Å². The highest BCUT2D eigenvalue weighted by Gasteiger charge is 2.57. The maximum absolute atomic E-state index is 12.4. The molecule has 1 saturated heterocycles. The third-order valence-corrected chi connectivity index (χ3v) is 4.61. The van der Waals surface area contributed by atoms with Crippen molar-refractivity contribution in [2.75, 3.05) is 18.4 Å². The molecule has 0 radical (unpaired) electrons. The fraction of sp³-hybridized carbons (Fsp3) is 0.733. The molecule has 1 spiro atoms. The molecule has 1 unspecified atom stereocenters. The Bertz CT molecular complexity index is 494. The Kier molecular flexibility index (Phi) is 4.94. The molecule has 2 fully saturated rings. The first kappa shape index (κ1) is 16.3. The number of hydrogen-bond acceptors (Lipinski definition) is 3. The molecule has 2 aliphatic rings. The van der Waals surface area contributed by atoms with Gasteiger partial charge in [0.15, 0.2) is 0 Å². The van der Waals surface area contributed by atoms with Gasteiger partial charge < -0.3 is 10.6 Å². The van der Waals surface area contributed by atoms with E-state index in [1.165, 1.54) is 0 Å². The van der Waals surface area contributed by atoms with E-state index in [4.69, 9.17) is 0 Å². The van der Waals surface area contributed by atoms with Gasteiger partial charge in [0, 0.05) is 18.5 Å². The molecule has 5 nitrogen and oxygen atoms in total. The number of rotatable bonds is 4. The number of halogens is 1. The zero-order chi connectivity index (χ0) is 14.2. The lowest BCUT2D eigenvalue weighted by atomic mass is 9.92. The van der Waals surface area contributed by atoms with Crippen LogP contribution >= 0.6 is 12.4 Å². The summed E-state index contributed by atoms with van der Waals surface area (Å²) < 4.78 is 1.89. The minimum atomic E-state index is 0. The highest BCUT2D eigenvalue weighted by atomic mass is 35.5. The molecule has 1 aromatic rings. The van der Waals surface area contributed by atoms with E-state index in [1.54, 1.807) is 6.20 Å². The molecule has 2 N–H and O–H groups in total. The second kappa shape index (κ2) is 6.36. The van der Waals surface area contributed by atoms with Gasteiger partial charge in [-0.1, -0.05) is 13.8 Å². The van der Waals surface area contributed by atoms with E-state index in [1.807, 2.05) is 10.7 Å². The summed E-state index contributed by atoms with van der Waals surface area (Å²) in [6.45, 7) is 7.24. The number of piperidine rings is 1. The van der Waals surface area contributed by atoms with Crippen LogP contribution in [0.2, 0.25) is 0 Å². The van der Waals surface area contributed by atoms with Crippen LogP contribution in [0.3, 0.4) is 0 Å². The molecule has 0 bridgehead atoms. The van der Waals surface area contributed by atoms with Crippen LogP contribution in [0.1, 0.15) is 33.1 Å². The zero-order valence-corrected chi connectivity index (χ0v) is 13.6. The van der Waals surface area contributed by atoms with Crippen LogP contribution in [0.5, 0.6) is 0 Å². The number of anilines is 1. The third kappa shape index (κ3) is 3.40. The summed E-state index contributed by atoms with van der Waals surface area (Å²) in [6, 6.07) is 1.89. The molecular formula is C15H25ClN4O. The Morgan fingerprint density at radius 2 is 2.24 bits per heavy atom. The fourth-order valence-electron chi connectivity index (χ4n) is 3.34. The first-order valence-electron chi connectivity index (χ1n) is 7.64. The van der Waals surface area contributed by atoms with Crippen LogP contribution in [-0.4, -0.2) is 28.8 Å². The molecule has 6 heteroatoms. The molecule has 3 rings (SSSR count). The van der Waals surface area contributed by atoms with Gasteiger partial charge >= 0.3 is 0 Å². The molecule has 21 heavy (non-hydrogen) atoms. The molecule has 1 saturated carbocycles. The Labute approximate surface area is 132 Å². The summed E-state index contributed by atoms with van der Waals surface area (Å²) in [5.41, 5.74) is 0.290. The van der Waals surface area contributed by atoms with Gasteiger partial charge in [-0.15, -0.1) is 12.4 Å². The number of hydrogen-bond donors (Lipinski definition) is 2. The minimum absolute atomic E-state index is 0. The highest BCUT2D eigenvalue weighted by molar-refractivity contribution is 5.94. The van der Waals surface area contributed by atoms with Crippen molar-refractivity contribution < 1.29 is 4.79 Å². The molecule has 118 valence electrons. The summed E-state index contributed by atoms with van der Waals surface area (Å²) in [5, 5.41) is 10.7. The largest absolute Gasteiger partial charge is 0.317 e. The van der Waals surface area contributed by atoms with Crippen LogP contribution in [0, 0.1) is 17.3 Å². The fourth-order valence-corrected chi connectivity index (χ4v) is 3.34. The summed E-state index contributed by atoms with van der Waals surface area (Å²) in [6.07, 6.45) is 5.08. The van der Waals surface area contributed by atoms with E-state index in [0.717, 1.165) is 44.7 Å². The quantitative estimate of drug-likeness (QED) is 0.897. The van der Waals surface area contributed by atoms with Crippen molar-refractivity contribution in [3.63, 3.8) is 0 Å². The van der Waals surface area contributed by atoms with Crippen LogP contribution in [0.4, 0.5) is 5.82 Å². The number of nitrogens with zero attached hydrogens (tertiary/aromatic N) is 2. The van der Waals surface area contributed by atoms with E-state index >= 15 is 0 Å². The Hall–Kier alpha value is -1.07. The van der Waals surface area contributed by atoms with E-state index in [0.29, 0.717) is 5.92 Å². The molecular weight excluding hydrogens is 288 g/mol. The summed E-state index contributed by atoms with van der Waals surface area (Å²) in [5.74, 6) is 1.73. The smallest absolute Gasteiger partial charge is 0.229 e. The SMILES string of the molecule is CC(C)Cn1nccc1NC(=O)C1CC12CCNCC2.Cl. The van der Waals surface area contributed by atoms with Crippen LogP contribution in [0.15, 0.2) is 12.3 Å². The standard InChI is InChI=1S/C15H24N4O.ClH/c1-11(2)10-19-13(3-6-17-19)18-14(20)12-9-15(12)4-7-16-8-5-15;/h3,6,11-12,16H,4-5,7-10H2,1-2H3,(H,18,20);1H. The highest BCUT2D eigenvalue weighted by Crippen LogP contribution is 2.58. The predicted octanol–water partition coefficient (Wildman–Crippen LogP) is 2.29. The lowest BCUT2D eigenvalue weighted by Crippen LogP contribution is -2.32. The van der Waals surface area contributed by atoms with Crippen molar-refractivity contribution in [1.29, 1.82) is 0 Å². The zero-order valence-electron chi connectivity index (χ0n) is 12.8. The van der Waals surface area contributed by atoms with Gasteiger partial charge in [-0.3, -0.25) is 4.79 Å². The number of amides is 1. The normalized spacial score (nSPS) is 22.9. The molecule has 1 aliphatic carbocycles. The summed E-state index contributed by atoms with van der Waals surface area (Å²) >= 11 is 0. The third-order valence-electron chi connectivity index (χ3n) is 4.61. The van der Waals surface area contributed by atoms with Crippen molar-refractivity contribution in [3.05, 3.63) is 12.3 Å². The monoisotopic (exact) mass is 312 g/mol. The van der Waals surface area contributed by atoms with Crippen molar-refractivity contribution in [2.45, 2.75) is 39.7 Å². The van der Waals surface area contributed by atoms with Crippen LogP contribution < -0.4 is 10.6 Å². The first-order chi connectivity index (χ1) is 9.61. The second-order valence-corrected chi connectivity index (χ2v) is 6.65. The Morgan fingerprint density at radius 1 is 1.52 bits per heavy atom. The van der Waals surface area contributed by atoms with E-state index in [9.17, 15) is 4.79 Å². The Balaban J connectivity index is 0.00000161. The van der Waals surface area contributed by atoms with Gasteiger partial charge in [0.1, 0.15) is 5.82 Å². The van der Waals surface area contributed by atoms with Crippen molar-refractivity contribution >= 4 is 24.1 Å². The van der Waals surface area contributed by atoms with E-state index in [-0.39, 0.29) is 29.6 Å². The van der Waals surface area contributed by atoms with Crippen molar-refractivity contribution in [3.8, 4) is 0 Å². The summed E-state index contributed by atoms with van der Waals surface area (Å²) in [7, 11) is 0. The molecule has 1 atom stereocenters. The molecule has 1 aromatic heterocycles. The van der Waals surface area contributed by atoms with Crippen LogP contribution in [0.25, 0.3) is 0 Å². The van der Waals surface area contributed by atoms with Gasteiger partial charge in [0.25, 0.3) is 0 Å². The lowest BCUT2D eigenvalue weighted by Gasteiger charge is -2.23. The topological polar surface area (TPSA) is 59.0 Å². The number of carbonyl (C=O) groups excluding carboxylic acids is 1. The molecule has 1 aliphatic heterocycles. The van der Waals surface area contributed by atoms with Gasteiger partial charge in [0.2, 0.25) is 5.91 Å². The average Bonchev–Trinajstić information content (AvgIpc) is 2.93. The van der Waals surface area contributed by atoms with Gasteiger partial charge in [-0.2, -0.15) is 5.10 Å². The van der Waals surface area contributed by atoms with Gasteiger partial charge in [0.05, 0.1) is 6.20 Å². The maximum atomic E-state index is 12.4.